The van der Waals surface area contributed by atoms with Gasteiger partial charge in [0, 0.05) is 32.7 Å². The van der Waals surface area contributed by atoms with Crippen LogP contribution in [0.15, 0.2) is 30.3 Å². The SMILES string of the molecule is CCNC(CO)(CN1CCN(C)CC1)c1ccccc1. The summed E-state index contributed by atoms with van der Waals surface area (Å²) in [5.74, 6) is 0. The van der Waals surface area contributed by atoms with Gasteiger partial charge in [0.2, 0.25) is 0 Å². The zero-order chi connectivity index (χ0) is 14.4. The summed E-state index contributed by atoms with van der Waals surface area (Å²) < 4.78 is 0. The zero-order valence-corrected chi connectivity index (χ0v) is 12.7. The lowest BCUT2D eigenvalue weighted by Gasteiger charge is -2.41. The third-order valence-corrected chi connectivity index (χ3v) is 4.20. The maximum atomic E-state index is 10.0. The van der Waals surface area contributed by atoms with Crippen LogP contribution in [0.5, 0.6) is 0 Å². The minimum absolute atomic E-state index is 0.122. The van der Waals surface area contributed by atoms with E-state index in [9.17, 15) is 5.11 Å². The van der Waals surface area contributed by atoms with Crippen molar-refractivity contribution in [2.75, 3.05) is 52.9 Å². The van der Waals surface area contributed by atoms with Crippen LogP contribution in [-0.2, 0) is 5.54 Å². The first kappa shape index (κ1) is 15.4. The van der Waals surface area contributed by atoms with Gasteiger partial charge in [-0.2, -0.15) is 0 Å². The molecule has 112 valence electrons. The van der Waals surface area contributed by atoms with Crippen molar-refractivity contribution < 1.29 is 5.11 Å². The summed E-state index contributed by atoms with van der Waals surface area (Å²) in [6.07, 6.45) is 0. The number of hydrogen-bond donors (Lipinski definition) is 2. The highest BCUT2D eigenvalue weighted by molar-refractivity contribution is 5.25. The minimum atomic E-state index is -0.355. The third-order valence-electron chi connectivity index (χ3n) is 4.20. The fourth-order valence-corrected chi connectivity index (χ4v) is 2.93. The Morgan fingerprint density at radius 2 is 1.80 bits per heavy atom. The fourth-order valence-electron chi connectivity index (χ4n) is 2.93. The van der Waals surface area contributed by atoms with Crippen LogP contribution in [0, 0.1) is 0 Å². The number of aliphatic hydroxyl groups is 1. The topological polar surface area (TPSA) is 38.7 Å². The quantitative estimate of drug-likeness (QED) is 0.804. The molecule has 4 heteroatoms. The molecule has 2 rings (SSSR count). The van der Waals surface area contributed by atoms with Gasteiger partial charge in [0.25, 0.3) is 0 Å². The minimum Gasteiger partial charge on any atom is -0.394 e. The first-order chi connectivity index (χ1) is 9.70. The summed E-state index contributed by atoms with van der Waals surface area (Å²) in [4.78, 5) is 4.80. The van der Waals surface area contributed by atoms with Gasteiger partial charge in [0.15, 0.2) is 0 Å². The average Bonchev–Trinajstić information content (AvgIpc) is 2.50. The second-order valence-electron chi connectivity index (χ2n) is 5.72. The Morgan fingerprint density at radius 3 is 2.35 bits per heavy atom. The molecule has 0 radical (unpaired) electrons. The smallest absolute Gasteiger partial charge is 0.0797 e. The van der Waals surface area contributed by atoms with Gasteiger partial charge in [0.1, 0.15) is 0 Å². The monoisotopic (exact) mass is 277 g/mol. The molecule has 0 aliphatic carbocycles. The second-order valence-corrected chi connectivity index (χ2v) is 5.72. The number of piperazine rings is 1. The lowest BCUT2D eigenvalue weighted by Crippen LogP contribution is -2.56. The fraction of sp³-hybridized carbons (Fsp3) is 0.625. The lowest BCUT2D eigenvalue weighted by atomic mass is 9.89. The van der Waals surface area contributed by atoms with Crippen LogP contribution in [0.1, 0.15) is 12.5 Å². The summed E-state index contributed by atoms with van der Waals surface area (Å²) in [5, 5.41) is 13.6. The van der Waals surface area contributed by atoms with Crippen LogP contribution in [0.3, 0.4) is 0 Å². The Kier molecular flexibility index (Phi) is 5.54. The van der Waals surface area contributed by atoms with E-state index in [0.717, 1.165) is 39.3 Å². The Bertz CT molecular complexity index is 390. The van der Waals surface area contributed by atoms with Gasteiger partial charge in [-0.05, 0) is 19.2 Å². The highest BCUT2D eigenvalue weighted by atomic mass is 16.3. The van der Waals surface area contributed by atoms with E-state index in [2.05, 4.69) is 41.2 Å². The normalized spacial score (nSPS) is 20.8. The van der Waals surface area contributed by atoms with Gasteiger partial charge >= 0.3 is 0 Å². The Morgan fingerprint density at radius 1 is 1.15 bits per heavy atom. The van der Waals surface area contributed by atoms with Gasteiger partial charge in [-0.25, -0.2) is 0 Å². The molecule has 0 saturated carbocycles. The predicted molar refractivity (Wildman–Crippen MR) is 82.8 cm³/mol. The number of rotatable bonds is 6. The standard InChI is InChI=1S/C16H27N3O/c1-3-17-16(14-20,15-7-5-4-6-8-15)13-19-11-9-18(2)10-12-19/h4-8,17,20H,3,9-14H2,1-2H3. The van der Waals surface area contributed by atoms with E-state index < -0.39 is 0 Å². The molecule has 1 fully saturated rings. The molecule has 1 saturated heterocycles. The second kappa shape index (κ2) is 7.18. The zero-order valence-electron chi connectivity index (χ0n) is 12.7. The molecule has 1 aromatic carbocycles. The molecule has 1 heterocycles. The van der Waals surface area contributed by atoms with E-state index in [1.54, 1.807) is 0 Å². The number of nitrogens with one attached hydrogen (secondary N) is 1. The van der Waals surface area contributed by atoms with Crippen molar-refractivity contribution in [1.82, 2.24) is 15.1 Å². The first-order valence-electron chi connectivity index (χ1n) is 7.52. The van der Waals surface area contributed by atoms with E-state index >= 15 is 0 Å². The van der Waals surface area contributed by atoms with Gasteiger partial charge < -0.3 is 15.3 Å². The van der Waals surface area contributed by atoms with Gasteiger partial charge in [-0.1, -0.05) is 37.3 Å². The molecule has 1 unspecified atom stereocenters. The highest BCUT2D eigenvalue weighted by Crippen LogP contribution is 2.22. The number of aliphatic hydroxyl groups excluding tert-OH is 1. The van der Waals surface area contributed by atoms with E-state index in [0.29, 0.717) is 0 Å². The molecule has 2 N–H and O–H groups in total. The highest BCUT2D eigenvalue weighted by Gasteiger charge is 2.33. The lowest BCUT2D eigenvalue weighted by molar-refractivity contribution is 0.0778. The molecular formula is C16H27N3O. The predicted octanol–water partition coefficient (Wildman–Crippen LogP) is 0.731. The van der Waals surface area contributed by atoms with E-state index in [1.807, 2.05) is 18.2 Å². The van der Waals surface area contributed by atoms with E-state index in [-0.39, 0.29) is 12.1 Å². The molecule has 1 aromatic rings. The molecule has 0 aromatic heterocycles. The van der Waals surface area contributed by atoms with Crippen molar-refractivity contribution in [3.63, 3.8) is 0 Å². The summed E-state index contributed by atoms with van der Waals surface area (Å²) in [7, 11) is 2.16. The van der Waals surface area contributed by atoms with Crippen LogP contribution in [0.2, 0.25) is 0 Å². The van der Waals surface area contributed by atoms with Crippen molar-refractivity contribution in [2.24, 2.45) is 0 Å². The van der Waals surface area contributed by atoms with Crippen molar-refractivity contribution >= 4 is 0 Å². The Hall–Kier alpha value is -0.940. The summed E-state index contributed by atoms with van der Waals surface area (Å²) >= 11 is 0. The molecule has 1 aliphatic rings. The van der Waals surface area contributed by atoms with Crippen LogP contribution < -0.4 is 5.32 Å². The van der Waals surface area contributed by atoms with Crippen LogP contribution >= 0.6 is 0 Å². The molecule has 1 aliphatic heterocycles. The number of benzene rings is 1. The van der Waals surface area contributed by atoms with E-state index in [1.165, 1.54) is 5.56 Å². The molecule has 0 bridgehead atoms. The Labute approximate surface area is 122 Å². The summed E-state index contributed by atoms with van der Waals surface area (Å²) in [5.41, 5.74) is 0.814. The number of hydrogen-bond acceptors (Lipinski definition) is 4. The largest absolute Gasteiger partial charge is 0.394 e. The van der Waals surface area contributed by atoms with Crippen LogP contribution in [0.4, 0.5) is 0 Å². The van der Waals surface area contributed by atoms with Crippen LogP contribution in [-0.4, -0.2) is 67.8 Å². The van der Waals surface area contributed by atoms with Gasteiger partial charge in [-0.3, -0.25) is 4.90 Å². The van der Waals surface area contributed by atoms with E-state index in [4.69, 9.17) is 0 Å². The number of nitrogens with zero attached hydrogens (tertiary/aromatic N) is 2. The first-order valence-corrected chi connectivity index (χ1v) is 7.52. The number of likely N-dealkylation sites (N-methyl/N-ethyl adjacent to an activating group) is 2. The van der Waals surface area contributed by atoms with Crippen LogP contribution in [0.25, 0.3) is 0 Å². The average molecular weight is 277 g/mol. The summed E-state index contributed by atoms with van der Waals surface area (Å²) in [6, 6.07) is 10.3. The molecule has 0 amide bonds. The van der Waals surface area contributed by atoms with Crippen molar-refractivity contribution in [3.05, 3.63) is 35.9 Å². The Balaban J connectivity index is 2.14. The third kappa shape index (κ3) is 3.58. The molecule has 1 atom stereocenters. The molecule has 20 heavy (non-hydrogen) atoms. The molecule has 4 nitrogen and oxygen atoms in total. The van der Waals surface area contributed by atoms with Crippen molar-refractivity contribution in [3.8, 4) is 0 Å². The maximum Gasteiger partial charge on any atom is 0.0797 e. The van der Waals surface area contributed by atoms with Gasteiger partial charge in [-0.15, -0.1) is 0 Å². The van der Waals surface area contributed by atoms with Crippen molar-refractivity contribution in [1.29, 1.82) is 0 Å². The molecule has 0 spiro atoms. The van der Waals surface area contributed by atoms with Crippen molar-refractivity contribution in [2.45, 2.75) is 12.5 Å². The van der Waals surface area contributed by atoms with Gasteiger partial charge in [0.05, 0.1) is 12.1 Å². The summed E-state index contributed by atoms with van der Waals surface area (Å²) in [6.45, 7) is 8.25. The molecular weight excluding hydrogens is 250 g/mol. The maximum absolute atomic E-state index is 10.0.